The molecule has 0 aliphatic heterocycles. The fraction of sp³-hybridized carbons (Fsp3) is 0.357. The highest BCUT2D eigenvalue weighted by Gasteiger charge is 2.24. The molecule has 0 saturated heterocycles. The van der Waals surface area contributed by atoms with Crippen molar-refractivity contribution in [2.24, 2.45) is 0 Å². The second-order valence-electron chi connectivity index (χ2n) is 4.90. The summed E-state index contributed by atoms with van der Waals surface area (Å²) in [5.74, 6) is 1.08. The summed E-state index contributed by atoms with van der Waals surface area (Å²) < 4.78 is 5.23. The standard InChI is InChI=1S/C14H16N4O2/c1-9-7-12(13(19)17-10-4-5-10)18-14(16-9)15-8-11-3-2-6-20-11/h2-3,6-7,10H,4-5,8H2,1H3,(H,17,19)(H,15,16,18). The lowest BCUT2D eigenvalue weighted by Crippen LogP contribution is -2.26. The molecule has 0 radical (unpaired) electrons. The van der Waals surface area contributed by atoms with Gasteiger partial charge in [0.1, 0.15) is 11.5 Å². The van der Waals surface area contributed by atoms with Crippen LogP contribution in [-0.4, -0.2) is 21.9 Å². The maximum atomic E-state index is 12.0. The Morgan fingerprint density at radius 2 is 2.30 bits per heavy atom. The molecule has 1 aliphatic rings. The molecule has 0 atom stereocenters. The minimum absolute atomic E-state index is 0.140. The van der Waals surface area contributed by atoms with Gasteiger partial charge in [-0.2, -0.15) is 0 Å². The number of amides is 1. The molecule has 0 aromatic carbocycles. The predicted octanol–water partition coefficient (Wildman–Crippen LogP) is 1.88. The number of carbonyl (C=O) groups excluding carboxylic acids is 1. The van der Waals surface area contributed by atoms with E-state index >= 15 is 0 Å². The van der Waals surface area contributed by atoms with Crippen LogP contribution in [0.2, 0.25) is 0 Å². The molecule has 0 spiro atoms. The van der Waals surface area contributed by atoms with Crippen molar-refractivity contribution in [3.05, 3.63) is 41.6 Å². The Bertz CT molecular complexity index is 606. The molecule has 0 unspecified atom stereocenters. The number of aromatic nitrogens is 2. The van der Waals surface area contributed by atoms with E-state index in [2.05, 4.69) is 20.6 Å². The summed E-state index contributed by atoms with van der Waals surface area (Å²) in [5, 5.41) is 5.97. The summed E-state index contributed by atoms with van der Waals surface area (Å²) in [5.41, 5.74) is 1.15. The molecule has 2 aromatic rings. The van der Waals surface area contributed by atoms with E-state index in [1.54, 1.807) is 12.3 Å². The van der Waals surface area contributed by atoms with Crippen LogP contribution in [0.15, 0.2) is 28.9 Å². The number of carbonyl (C=O) groups is 1. The molecule has 0 bridgehead atoms. The maximum Gasteiger partial charge on any atom is 0.270 e. The van der Waals surface area contributed by atoms with Crippen LogP contribution >= 0.6 is 0 Å². The van der Waals surface area contributed by atoms with Crippen molar-refractivity contribution >= 4 is 11.9 Å². The molecule has 3 rings (SSSR count). The molecular formula is C14H16N4O2. The van der Waals surface area contributed by atoms with E-state index in [9.17, 15) is 4.79 Å². The summed E-state index contributed by atoms with van der Waals surface area (Å²) in [7, 11) is 0. The molecule has 1 aliphatic carbocycles. The highest BCUT2D eigenvalue weighted by molar-refractivity contribution is 5.93. The molecule has 2 aromatic heterocycles. The Balaban J connectivity index is 1.70. The summed E-state index contributed by atoms with van der Waals surface area (Å²) in [6.07, 6.45) is 3.72. The number of nitrogens with one attached hydrogen (secondary N) is 2. The normalized spacial score (nSPS) is 14.1. The fourth-order valence-corrected chi connectivity index (χ4v) is 1.83. The lowest BCUT2D eigenvalue weighted by molar-refractivity contribution is 0.0946. The predicted molar refractivity (Wildman–Crippen MR) is 73.3 cm³/mol. The smallest absolute Gasteiger partial charge is 0.270 e. The molecular weight excluding hydrogens is 256 g/mol. The summed E-state index contributed by atoms with van der Waals surface area (Å²) >= 11 is 0. The highest BCUT2D eigenvalue weighted by Crippen LogP contribution is 2.19. The SMILES string of the molecule is Cc1cc(C(=O)NC2CC2)nc(NCc2ccco2)n1. The van der Waals surface area contributed by atoms with Crippen molar-refractivity contribution < 1.29 is 9.21 Å². The van der Waals surface area contributed by atoms with Crippen LogP contribution in [0.25, 0.3) is 0 Å². The van der Waals surface area contributed by atoms with Crippen LogP contribution in [0.5, 0.6) is 0 Å². The quantitative estimate of drug-likeness (QED) is 0.868. The van der Waals surface area contributed by atoms with E-state index in [0.29, 0.717) is 24.2 Å². The van der Waals surface area contributed by atoms with E-state index in [0.717, 1.165) is 24.3 Å². The lowest BCUT2D eigenvalue weighted by Gasteiger charge is -2.07. The number of rotatable bonds is 5. The Hall–Kier alpha value is -2.37. The van der Waals surface area contributed by atoms with Crippen molar-refractivity contribution in [3.8, 4) is 0 Å². The van der Waals surface area contributed by atoms with Crippen LogP contribution < -0.4 is 10.6 Å². The summed E-state index contributed by atoms with van der Waals surface area (Å²) in [4.78, 5) is 20.5. The third-order valence-corrected chi connectivity index (χ3v) is 3.00. The van der Waals surface area contributed by atoms with E-state index in [1.807, 2.05) is 19.1 Å². The Labute approximate surface area is 116 Å². The van der Waals surface area contributed by atoms with Crippen LogP contribution in [0.1, 0.15) is 34.8 Å². The van der Waals surface area contributed by atoms with Gasteiger partial charge in [0.25, 0.3) is 5.91 Å². The number of aryl methyl sites for hydroxylation is 1. The van der Waals surface area contributed by atoms with E-state index in [-0.39, 0.29) is 5.91 Å². The van der Waals surface area contributed by atoms with Crippen molar-refractivity contribution in [3.63, 3.8) is 0 Å². The zero-order valence-electron chi connectivity index (χ0n) is 11.2. The first kappa shape index (κ1) is 12.7. The van der Waals surface area contributed by atoms with Crippen molar-refractivity contribution in [2.75, 3.05) is 5.32 Å². The van der Waals surface area contributed by atoms with Crippen LogP contribution in [0.4, 0.5) is 5.95 Å². The van der Waals surface area contributed by atoms with Gasteiger partial charge in [0.15, 0.2) is 0 Å². The number of nitrogens with zero attached hydrogens (tertiary/aromatic N) is 2. The Morgan fingerprint density at radius 1 is 1.45 bits per heavy atom. The number of hydrogen-bond donors (Lipinski definition) is 2. The lowest BCUT2D eigenvalue weighted by atomic mass is 10.3. The zero-order valence-corrected chi connectivity index (χ0v) is 11.2. The van der Waals surface area contributed by atoms with Crippen LogP contribution in [0.3, 0.4) is 0 Å². The van der Waals surface area contributed by atoms with E-state index in [1.165, 1.54) is 0 Å². The van der Waals surface area contributed by atoms with Crippen LogP contribution in [0, 0.1) is 6.92 Å². The molecule has 1 fully saturated rings. The van der Waals surface area contributed by atoms with E-state index in [4.69, 9.17) is 4.42 Å². The first-order valence-corrected chi connectivity index (χ1v) is 6.63. The zero-order chi connectivity index (χ0) is 13.9. The number of anilines is 1. The summed E-state index contributed by atoms with van der Waals surface area (Å²) in [6.45, 7) is 2.33. The molecule has 6 nitrogen and oxygen atoms in total. The fourth-order valence-electron chi connectivity index (χ4n) is 1.83. The van der Waals surface area contributed by atoms with E-state index < -0.39 is 0 Å². The van der Waals surface area contributed by atoms with Crippen molar-refractivity contribution in [2.45, 2.75) is 32.4 Å². The van der Waals surface area contributed by atoms with Gasteiger partial charge in [0.05, 0.1) is 12.8 Å². The number of furan rings is 1. The first-order valence-electron chi connectivity index (χ1n) is 6.63. The van der Waals surface area contributed by atoms with Gasteiger partial charge in [-0.15, -0.1) is 0 Å². The van der Waals surface area contributed by atoms with Gasteiger partial charge in [-0.25, -0.2) is 9.97 Å². The second kappa shape index (κ2) is 5.32. The largest absolute Gasteiger partial charge is 0.467 e. The molecule has 20 heavy (non-hydrogen) atoms. The summed E-state index contributed by atoms with van der Waals surface area (Å²) in [6, 6.07) is 5.69. The van der Waals surface area contributed by atoms with Crippen molar-refractivity contribution in [1.29, 1.82) is 0 Å². The average Bonchev–Trinajstić information content (AvgIpc) is 3.08. The van der Waals surface area contributed by atoms with Gasteiger partial charge >= 0.3 is 0 Å². The molecule has 1 amide bonds. The van der Waals surface area contributed by atoms with Gasteiger partial charge in [-0.3, -0.25) is 4.79 Å². The van der Waals surface area contributed by atoms with Gasteiger partial charge < -0.3 is 15.1 Å². The third-order valence-electron chi connectivity index (χ3n) is 3.00. The first-order chi connectivity index (χ1) is 9.70. The molecule has 2 heterocycles. The monoisotopic (exact) mass is 272 g/mol. The molecule has 2 N–H and O–H groups in total. The maximum absolute atomic E-state index is 12.0. The van der Waals surface area contributed by atoms with Crippen LogP contribution in [-0.2, 0) is 6.54 Å². The van der Waals surface area contributed by atoms with Crippen molar-refractivity contribution in [1.82, 2.24) is 15.3 Å². The minimum atomic E-state index is -0.140. The van der Waals surface area contributed by atoms with Gasteiger partial charge in [-0.05, 0) is 38.0 Å². The topological polar surface area (TPSA) is 80.0 Å². The minimum Gasteiger partial charge on any atom is -0.467 e. The average molecular weight is 272 g/mol. The second-order valence-corrected chi connectivity index (χ2v) is 4.90. The third kappa shape index (κ3) is 3.14. The Morgan fingerprint density at radius 3 is 3.00 bits per heavy atom. The van der Waals surface area contributed by atoms with Gasteiger partial charge in [0.2, 0.25) is 5.95 Å². The highest BCUT2D eigenvalue weighted by atomic mass is 16.3. The van der Waals surface area contributed by atoms with Gasteiger partial charge in [-0.1, -0.05) is 0 Å². The molecule has 104 valence electrons. The molecule has 1 saturated carbocycles. The number of hydrogen-bond acceptors (Lipinski definition) is 5. The Kier molecular flexibility index (Phi) is 3.37. The molecule has 6 heteroatoms. The van der Waals surface area contributed by atoms with Gasteiger partial charge in [0, 0.05) is 11.7 Å².